The molecule has 0 radical (unpaired) electrons. The lowest BCUT2D eigenvalue weighted by Gasteiger charge is -2.28. The average molecular weight is 415 g/mol. The van der Waals surface area contributed by atoms with Crippen LogP contribution in [0.5, 0.6) is 0 Å². The number of rotatable bonds is 4. The summed E-state index contributed by atoms with van der Waals surface area (Å²) in [6.45, 7) is 1.01. The first-order chi connectivity index (χ1) is 14.4. The fourth-order valence-electron chi connectivity index (χ4n) is 5.09. The molecule has 2 heterocycles. The maximum Gasteiger partial charge on any atom is 0.341 e. The van der Waals surface area contributed by atoms with Crippen LogP contribution >= 0.6 is 0 Å². The quantitative estimate of drug-likeness (QED) is 0.752. The van der Waals surface area contributed by atoms with E-state index in [1.165, 1.54) is 10.8 Å². The molecule has 1 aromatic carbocycles. The summed E-state index contributed by atoms with van der Waals surface area (Å²) in [6, 6.07) is 1.19. The topological polar surface area (TPSA) is 74.6 Å². The van der Waals surface area contributed by atoms with Gasteiger partial charge in [0.1, 0.15) is 17.1 Å². The van der Waals surface area contributed by atoms with Crippen LogP contribution in [-0.4, -0.2) is 41.8 Å². The van der Waals surface area contributed by atoms with E-state index in [0.29, 0.717) is 13.1 Å². The Morgan fingerprint density at radius 3 is 2.70 bits per heavy atom. The standard InChI is InChI=1S/C22H23F2N3O3/c1-25-17-4-2-3-11-8-26(9-14(11)17)20-16(23)7-13-19(18(20)24)27(12-5-6-12)10-15(21(13)28)22(29)30/h2-3,7,10-12,14,17,25H,4-6,8-9H2,1H3,(H,29,30). The van der Waals surface area contributed by atoms with E-state index in [0.717, 1.165) is 25.3 Å². The molecule has 6 nitrogen and oxygen atoms in total. The number of anilines is 1. The summed E-state index contributed by atoms with van der Waals surface area (Å²) in [4.78, 5) is 25.8. The summed E-state index contributed by atoms with van der Waals surface area (Å²) in [7, 11) is 1.90. The fourth-order valence-corrected chi connectivity index (χ4v) is 5.09. The molecule has 3 unspecified atom stereocenters. The van der Waals surface area contributed by atoms with E-state index in [1.807, 2.05) is 7.05 Å². The van der Waals surface area contributed by atoms with E-state index in [4.69, 9.17) is 0 Å². The third-order valence-corrected chi connectivity index (χ3v) is 6.74. The third kappa shape index (κ3) is 2.85. The van der Waals surface area contributed by atoms with Gasteiger partial charge in [0.25, 0.3) is 0 Å². The molecule has 1 aromatic heterocycles. The van der Waals surface area contributed by atoms with Crippen LogP contribution in [0.3, 0.4) is 0 Å². The summed E-state index contributed by atoms with van der Waals surface area (Å²) < 4.78 is 32.4. The maximum absolute atomic E-state index is 15.8. The van der Waals surface area contributed by atoms with Crippen LogP contribution in [-0.2, 0) is 0 Å². The van der Waals surface area contributed by atoms with Crippen molar-refractivity contribution in [2.75, 3.05) is 25.0 Å². The smallest absolute Gasteiger partial charge is 0.341 e. The minimum absolute atomic E-state index is 0.000481. The second kappa shape index (κ2) is 6.91. The lowest BCUT2D eigenvalue weighted by Crippen LogP contribution is -2.39. The zero-order valence-electron chi connectivity index (χ0n) is 16.6. The van der Waals surface area contributed by atoms with Gasteiger partial charge in [-0.2, -0.15) is 0 Å². The van der Waals surface area contributed by atoms with Gasteiger partial charge in [-0.05, 0) is 38.3 Å². The highest BCUT2D eigenvalue weighted by Crippen LogP contribution is 2.42. The molecule has 3 aliphatic rings. The van der Waals surface area contributed by atoms with Gasteiger partial charge in [-0.25, -0.2) is 13.6 Å². The normalized spacial score (nSPS) is 25.7. The predicted octanol–water partition coefficient (Wildman–Crippen LogP) is 2.91. The van der Waals surface area contributed by atoms with Gasteiger partial charge in [0, 0.05) is 37.3 Å². The molecular weight excluding hydrogens is 392 g/mol. The fraction of sp³-hybridized carbons (Fsp3) is 0.455. The molecule has 5 rings (SSSR count). The number of aromatic carboxylic acids is 1. The zero-order chi connectivity index (χ0) is 21.2. The van der Waals surface area contributed by atoms with Crippen molar-refractivity contribution in [2.24, 2.45) is 11.8 Å². The van der Waals surface area contributed by atoms with Crippen LogP contribution in [0.4, 0.5) is 14.5 Å². The molecule has 1 saturated heterocycles. The van der Waals surface area contributed by atoms with Gasteiger partial charge >= 0.3 is 5.97 Å². The van der Waals surface area contributed by atoms with Crippen LogP contribution in [0.25, 0.3) is 10.9 Å². The zero-order valence-corrected chi connectivity index (χ0v) is 16.6. The Bertz CT molecular complexity index is 1140. The van der Waals surface area contributed by atoms with Crippen molar-refractivity contribution in [3.8, 4) is 0 Å². The molecule has 0 bridgehead atoms. The van der Waals surface area contributed by atoms with Crippen molar-refractivity contribution in [3.63, 3.8) is 0 Å². The van der Waals surface area contributed by atoms with Crippen molar-refractivity contribution in [3.05, 3.63) is 51.8 Å². The summed E-state index contributed by atoms with van der Waals surface area (Å²) in [5.74, 6) is -2.56. The van der Waals surface area contributed by atoms with Gasteiger partial charge in [-0.3, -0.25) is 4.79 Å². The lowest BCUT2D eigenvalue weighted by atomic mass is 9.83. The molecule has 2 aliphatic carbocycles. The SMILES string of the molecule is CNC1CC=CC2CN(c3c(F)cc4c(=O)c(C(=O)O)cn(C5CC5)c4c3F)CC21. The number of hydrogen-bond acceptors (Lipinski definition) is 4. The molecule has 2 fully saturated rings. The number of nitrogens with one attached hydrogen (secondary N) is 1. The average Bonchev–Trinajstić information content (AvgIpc) is 3.46. The number of hydrogen-bond donors (Lipinski definition) is 2. The number of benzene rings is 1. The number of nitrogens with zero attached hydrogens (tertiary/aromatic N) is 2. The van der Waals surface area contributed by atoms with E-state index in [1.54, 1.807) is 4.90 Å². The first-order valence-electron chi connectivity index (χ1n) is 10.3. The first-order valence-corrected chi connectivity index (χ1v) is 10.3. The van der Waals surface area contributed by atoms with Crippen molar-refractivity contribution in [2.45, 2.75) is 31.3 Å². The molecule has 2 N–H and O–H groups in total. The van der Waals surface area contributed by atoms with Gasteiger partial charge in [0.05, 0.1) is 10.9 Å². The Morgan fingerprint density at radius 1 is 1.27 bits per heavy atom. The Morgan fingerprint density at radius 2 is 2.03 bits per heavy atom. The minimum Gasteiger partial charge on any atom is -0.477 e. The highest BCUT2D eigenvalue weighted by atomic mass is 19.1. The highest BCUT2D eigenvalue weighted by molar-refractivity contribution is 5.94. The molecule has 3 atom stereocenters. The Balaban J connectivity index is 1.67. The van der Waals surface area contributed by atoms with Crippen LogP contribution in [0.1, 0.15) is 35.7 Å². The maximum atomic E-state index is 15.8. The Hall–Kier alpha value is -2.74. The Kier molecular flexibility index (Phi) is 4.43. The first kappa shape index (κ1) is 19.2. The molecule has 2 aromatic rings. The molecule has 1 aliphatic heterocycles. The van der Waals surface area contributed by atoms with Gasteiger partial charge in [-0.1, -0.05) is 12.2 Å². The summed E-state index contributed by atoms with van der Waals surface area (Å²) in [6.07, 6.45) is 7.86. The lowest BCUT2D eigenvalue weighted by molar-refractivity contribution is 0.0695. The van der Waals surface area contributed by atoms with Crippen molar-refractivity contribution in [1.82, 2.24) is 9.88 Å². The van der Waals surface area contributed by atoms with Crippen molar-refractivity contribution < 1.29 is 18.7 Å². The number of carboxylic acids is 1. The Labute approximate surface area is 171 Å². The number of pyridine rings is 1. The largest absolute Gasteiger partial charge is 0.477 e. The summed E-state index contributed by atoms with van der Waals surface area (Å²) in [5, 5.41) is 12.4. The van der Waals surface area contributed by atoms with Gasteiger partial charge in [-0.15, -0.1) is 0 Å². The highest BCUT2D eigenvalue weighted by Gasteiger charge is 2.40. The van der Waals surface area contributed by atoms with Crippen molar-refractivity contribution >= 4 is 22.6 Å². The van der Waals surface area contributed by atoms with Crippen LogP contribution in [0.15, 0.2) is 29.2 Å². The summed E-state index contributed by atoms with van der Waals surface area (Å²) in [5.41, 5.74) is -1.45. The monoisotopic (exact) mass is 415 g/mol. The van der Waals surface area contributed by atoms with E-state index in [-0.39, 0.29) is 40.5 Å². The third-order valence-electron chi connectivity index (χ3n) is 6.74. The van der Waals surface area contributed by atoms with Crippen LogP contribution in [0.2, 0.25) is 0 Å². The molecule has 1 saturated carbocycles. The van der Waals surface area contributed by atoms with Crippen LogP contribution < -0.4 is 15.6 Å². The minimum atomic E-state index is -1.39. The second-order valence-electron chi connectivity index (χ2n) is 8.52. The number of fused-ring (bicyclic) bond motifs is 2. The number of aromatic nitrogens is 1. The van der Waals surface area contributed by atoms with Crippen LogP contribution in [0, 0.1) is 23.5 Å². The molecular formula is C22H23F2N3O3. The van der Waals surface area contributed by atoms with Gasteiger partial charge in [0.15, 0.2) is 5.82 Å². The van der Waals surface area contributed by atoms with E-state index < -0.39 is 28.6 Å². The number of halogens is 2. The van der Waals surface area contributed by atoms with E-state index in [9.17, 15) is 14.7 Å². The molecule has 158 valence electrons. The summed E-state index contributed by atoms with van der Waals surface area (Å²) >= 11 is 0. The molecule has 0 spiro atoms. The molecule has 0 amide bonds. The number of carbonyl (C=O) groups is 1. The van der Waals surface area contributed by atoms with E-state index >= 15 is 8.78 Å². The molecule has 30 heavy (non-hydrogen) atoms. The predicted molar refractivity (Wildman–Crippen MR) is 109 cm³/mol. The van der Waals surface area contributed by atoms with Gasteiger partial charge in [0.2, 0.25) is 5.43 Å². The van der Waals surface area contributed by atoms with Crippen molar-refractivity contribution in [1.29, 1.82) is 0 Å². The molecule has 8 heteroatoms. The second-order valence-corrected chi connectivity index (χ2v) is 8.52. The number of carboxylic acid groups (broad SMARTS) is 1. The van der Waals surface area contributed by atoms with E-state index in [2.05, 4.69) is 17.5 Å². The van der Waals surface area contributed by atoms with Gasteiger partial charge < -0.3 is 19.9 Å².